The van der Waals surface area contributed by atoms with Crippen molar-refractivity contribution in [2.75, 3.05) is 0 Å². The second kappa shape index (κ2) is 2.59. The fourth-order valence-electron chi connectivity index (χ4n) is 0.744. The van der Waals surface area contributed by atoms with Gasteiger partial charge in [-0.15, -0.1) is 0 Å². The lowest BCUT2D eigenvalue weighted by Gasteiger charge is -2.04. The molecule has 0 amide bonds. The Balaban J connectivity index is 2.79. The molecule has 0 aromatic heterocycles. The van der Waals surface area contributed by atoms with Gasteiger partial charge in [-0.25, -0.2) is 10.2 Å². The summed E-state index contributed by atoms with van der Waals surface area (Å²) < 4.78 is 0. The van der Waals surface area contributed by atoms with E-state index in [4.69, 9.17) is 10.2 Å². The van der Waals surface area contributed by atoms with Crippen LogP contribution < -0.4 is 10.9 Å². The summed E-state index contributed by atoms with van der Waals surface area (Å²) in [5.41, 5.74) is 4.38. The number of carbonyl (C=O) groups is 2. The maximum atomic E-state index is 10.3. The first-order chi connectivity index (χ1) is 5.13. The largest absolute Gasteiger partial charge is 0.480 e. The average molecular weight is 158 g/mol. The molecular formula is C5H6N2O4. The maximum Gasteiger partial charge on any atom is 0.335 e. The summed E-state index contributed by atoms with van der Waals surface area (Å²) in [5, 5.41) is 16.8. The zero-order valence-electron chi connectivity index (χ0n) is 5.37. The number of hydrogen-bond acceptors (Lipinski definition) is 4. The Morgan fingerprint density at radius 1 is 1.45 bits per heavy atom. The van der Waals surface area contributed by atoms with Crippen LogP contribution in [0.2, 0.25) is 0 Å². The molecule has 0 saturated carbocycles. The Labute approximate surface area is 61.5 Å². The molecule has 1 unspecified atom stereocenters. The van der Waals surface area contributed by atoms with E-state index >= 15 is 0 Å². The van der Waals surface area contributed by atoms with E-state index in [2.05, 4.69) is 10.9 Å². The third-order valence-electron chi connectivity index (χ3n) is 1.26. The molecule has 1 rings (SSSR count). The van der Waals surface area contributed by atoms with E-state index in [9.17, 15) is 9.59 Å². The minimum atomic E-state index is -1.24. The minimum absolute atomic E-state index is 0.197. The lowest BCUT2D eigenvalue weighted by atomic mass is 10.1. The van der Waals surface area contributed by atoms with E-state index in [1.54, 1.807) is 0 Å². The first-order valence-electron chi connectivity index (χ1n) is 2.80. The van der Waals surface area contributed by atoms with Crippen LogP contribution in [0.15, 0.2) is 11.8 Å². The van der Waals surface area contributed by atoms with Crippen LogP contribution in [0.1, 0.15) is 0 Å². The summed E-state index contributed by atoms with van der Waals surface area (Å²) in [6.07, 6.45) is 1.11. The Bertz CT molecular complexity index is 235. The number of carboxylic acid groups (broad SMARTS) is 2. The van der Waals surface area contributed by atoms with Crippen LogP contribution in [-0.4, -0.2) is 28.2 Å². The van der Waals surface area contributed by atoms with Gasteiger partial charge in [0.15, 0.2) is 6.04 Å². The molecule has 0 aromatic rings. The molecule has 11 heavy (non-hydrogen) atoms. The third kappa shape index (κ3) is 1.30. The Kier molecular flexibility index (Phi) is 1.77. The van der Waals surface area contributed by atoms with Crippen LogP contribution in [-0.2, 0) is 9.59 Å². The van der Waals surface area contributed by atoms with Crippen molar-refractivity contribution in [1.29, 1.82) is 0 Å². The van der Waals surface area contributed by atoms with Gasteiger partial charge in [-0.2, -0.15) is 0 Å². The van der Waals surface area contributed by atoms with Crippen molar-refractivity contribution < 1.29 is 19.8 Å². The maximum absolute atomic E-state index is 10.3. The number of nitrogens with one attached hydrogen (secondary N) is 2. The summed E-state index contributed by atoms with van der Waals surface area (Å²) in [4.78, 5) is 20.6. The molecule has 6 nitrogen and oxygen atoms in total. The van der Waals surface area contributed by atoms with Gasteiger partial charge >= 0.3 is 11.9 Å². The lowest BCUT2D eigenvalue weighted by molar-refractivity contribution is -0.141. The smallest absolute Gasteiger partial charge is 0.335 e. The monoisotopic (exact) mass is 158 g/mol. The quantitative estimate of drug-likeness (QED) is 0.391. The minimum Gasteiger partial charge on any atom is -0.480 e. The van der Waals surface area contributed by atoms with Gasteiger partial charge in [-0.1, -0.05) is 0 Å². The van der Waals surface area contributed by atoms with E-state index in [0.29, 0.717) is 0 Å². The van der Waals surface area contributed by atoms with E-state index < -0.39 is 18.0 Å². The predicted molar refractivity (Wildman–Crippen MR) is 33.4 cm³/mol. The molecule has 1 aliphatic heterocycles. The number of carboxylic acids is 2. The molecular weight excluding hydrogens is 152 g/mol. The van der Waals surface area contributed by atoms with Crippen molar-refractivity contribution >= 4 is 11.9 Å². The molecule has 1 aliphatic rings. The molecule has 6 heteroatoms. The zero-order valence-corrected chi connectivity index (χ0v) is 5.37. The topological polar surface area (TPSA) is 98.7 Å². The van der Waals surface area contributed by atoms with Crippen LogP contribution in [0.4, 0.5) is 0 Å². The van der Waals surface area contributed by atoms with Gasteiger partial charge in [-0.05, 0) is 0 Å². The van der Waals surface area contributed by atoms with Crippen molar-refractivity contribution in [1.82, 2.24) is 10.9 Å². The average Bonchev–Trinajstić information content (AvgIpc) is 2.32. The summed E-state index contributed by atoms with van der Waals surface area (Å²) in [6, 6.07) is -1.16. The zero-order chi connectivity index (χ0) is 8.43. The molecule has 0 aliphatic carbocycles. The standard InChI is InChI=1S/C5H6N2O4/c8-4(9)2-1-6-7-3(2)5(10)11/h1,3,6-7H,(H,8,9)(H,10,11). The summed E-state index contributed by atoms with van der Waals surface area (Å²) >= 11 is 0. The molecule has 60 valence electrons. The highest BCUT2D eigenvalue weighted by Crippen LogP contribution is 2.05. The lowest BCUT2D eigenvalue weighted by Crippen LogP contribution is -2.39. The first-order valence-corrected chi connectivity index (χ1v) is 2.80. The molecule has 0 saturated heterocycles. The van der Waals surface area contributed by atoms with Crippen molar-refractivity contribution in [3.05, 3.63) is 11.8 Å². The van der Waals surface area contributed by atoms with Gasteiger partial charge in [0, 0.05) is 6.20 Å². The van der Waals surface area contributed by atoms with Crippen LogP contribution in [0.5, 0.6) is 0 Å². The van der Waals surface area contributed by atoms with Crippen LogP contribution >= 0.6 is 0 Å². The molecule has 1 atom stereocenters. The third-order valence-corrected chi connectivity index (χ3v) is 1.26. The van der Waals surface area contributed by atoms with Gasteiger partial charge < -0.3 is 15.6 Å². The number of rotatable bonds is 2. The van der Waals surface area contributed by atoms with Crippen LogP contribution in [0.25, 0.3) is 0 Å². The number of hydrazine groups is 1. The van der Waals surface area contributed by atoms with Gasteiger partial charge in [0.05, 0.1) is 5.57 Å². The molecule has 0 radical (unpaired) electrons. The van der Waals surface area contributed by atoms with Crippen molar-refractivity contribution in [2.45, 2.75) is 6.04 Å². The van der Waals surface area contributed by atoms with E-state index in [-0.39, 0.29) is 5.57 Å². The van der Waals surface area contributed by atoms with Crippen molar-refractivity contribution in [3.63, 3.8) is 0 Å². The van der Waals surface area contributed by atoms with Crippen molar-refractivity contribution in [3.8, 4) is 0 Å². The molecule has 1 heterocycles. The van der Waals surface area contributed by atoms with Gasteiger partial charge in [-0.3, -0.25) is 4.79 Å². The molecule has 4 N–H and O–H groups in total. The fraction of sp³-hybridized carbons (Fsp3) is 0.200. The summed E-state index contributed by atoms with van der Waals surface area (Å²) in [6.45, 7) is 0. The van der Waals surface area contributed by atoms with Crippen molar-refractivity contribution in [2.24, 2.45) is 0 Å². The molecule has 0 bridgehead atoms. The Morgan fingerprint density at radius 3 is 2.45 bits per heavy atom. The predicted octanol–water partition coefficient (Wildman–Crippen LogP) is -1.48. The van der Waals surface area contributed by atoms with Crippen LogP contribution in [0, 0.1) is 0 Å². The SMILES string of the molecule is O=C(O)C1=CNNC1C(=O)O. The first kappa shape index (κ1) is 7.55. The summed E-state index contributed by atoms with van der Waals surface area (Å²) in [7, 11) is 0. The molecule has 0 fully saturated rings. The van der Waals surface area contributed by atoms with Gasteiger partial charge in [0.2, 0.25) is 0 Å². The molecule has 0 aromatic carbocycles. The Morgan fingerprint density at radius 2 is 2.09 bits per heavy atom. The second-order valence-electron chi connectivity index (χ2n) is 1.96. The van der Waals surface area contributed by atoms with E-state index in [1.165, 1.54) is 0 Å². The Hall–Kier alpha value is -1.56. The van der Waals surface area contributed by atoms with Gasteiger partial charge in [0.25, 0.3) is 0 Å². The number of aliphatic carboxylic acids is 2. The fourth-order valence-corrected chi connectivity index (χ4v) is 0.744. The summed E-state index contributed by atoms with van der Waals surface area (Å²) in [5.74, 6) is -2.46. The number of hydrogen-bond donors (Lipinski definition) is 4. The molecule has 0 spiro atoms. The normalized spacial score (nSPS) is 22.2. The second-order valence-corrected chi connectivity index (χ2v) is 1.96. The highest BCUT2D eigenvalue weighted by molar-refractivity contribution is 5.96. The van der Waals surface area contributed by atoms with Crippen LogP contribution in [0.3, 0.4) is 0 Å². The highest BCUT2D eigenvalue weighted by atomic mass is 16.4. The van der Waals surface area contributed by atoms with Gasteiger partial charge in [0.1, 0.15) is 0 Å². The van der Waals surface area contributed by atoms with E-state index in [0.717, 1.165) is 6.20 Å². The highest BCUT2D eigenvalue weighted by Gasteiger charge is 2.30. The van der Waals surface area contributed by atoms with E-state index in [1.807, 2.05) is 0 Å².